The summed E-state index contributed by atoms with van der Waals surface area (Å²) in [6, 6.07) is 8.10. The quantitative estimate of drug-likeness (QED) is 0.218. The van der Waals surface area contributed by atoms with E-state index < -0.39 is 64.5 Å². The molecule has 2 amide bonds. The average Bonchev–Trinajstić information content (AvgIpc) is 2.83. The van der Waals surface area contributed by atoms with Crippen molar-refractivity contribution in [1.29, 1.82) is 5.41 Å². The van der Waals surface area contributed by atoms with Crippen LogP contribution in [0.15, 0.2) is 41.2 Å². The van der Waals surface area contributed by atoms with Crippen molar-refractivity contribution in [2.75, 3.05) is 6.54 Å². The summed E-state index contributed by atoms with van der Waals surface area (Å²) in [6.45, 7) is -0.836. The predicted octanol–water partition coefficient (Wildman–Crippen LogP) is 1.29. The molecule has 1 aliphatic carbocycles. The number of carboxylic acid groups (broad SMARTS) is 1. The van der Waals surface area contributed by atoms with Crippen LogP contribution in [0.2, 0.25) is 0 Å². The Bertz CT molecular complexity index is 1280. The van der Waals surface area contributed by atoms with Gasteiger partial charge >= 0.3 is 5.97 Å². The molecule has 0 bridgehead atoms. The Kier molecular flexibility index (Phi) is 8.10. The third kappa shape index (κ3) is 5.71. The number of nitrogens with one attached hydrogen (secondary N) is 3. The molecule has 12 nitrogen and oxygen atoms in total. The number of carbonyl (C=O) groups is 3. The second kappa shape index (κ2) is 11.2. The van der Waals surface area contributed by atoms with Gasteiger partial charge in [-0.25, -0.2) is 0 Å². The first-order chi connectivity index (χ1) is 17.1. The van der Waals surface area contributed by atoms with Crippen LogP contribution in [-0.2, 0) is 4.79 Å². The standard InChI is InChI=1S/C24H27N5O7/c25-15(13-7-3-1-4-8-13)11-16(26)28-22(34)19-20(32)18(21(33)27-12-17(30)31)23(35)29(24(19)36)14-9-5-2-6-10-14/h1,3-4,7-8,11,14,32,36H,2,5-6,9-10,12,25H2,(H,27,33)(H,30,31)(H2,26,28,34)/b15-11-. The average molecular weight is 498 g/mol. The third-order valence-electron chi connectivity index (χ3n) is 5.81. The van der Waals surface area contributed by atoms with Crippen molar-refractivity contribution >= 4 is 29.3 Å². The van der Waals surface area contributed by atoms with Gasteiger partial charge in [0.25, 0.3) is 17.4 Å². The number of carboxylic acids is 1. The third-order valence-corrected chi connectivity index (χ3v) is 5.81. The van der Waals surface area contributed by atoms with E-state index in [4.69, 9.17) is 16.2 Å². The molecule has 0 atom stereocenters. The van der Waals surface area contributed by atoms with Crippen LogP contribution in [0, 0.1) is 5.41 Å². The Labute approximate surface area is 205 Å². The molecule has 36 heavy (non-hydrogen) atoms. The zero-order chi connectivity index (χ0) is 26.4. The van der Waals surface area contributed by atoms with Crippen LogP contribution in [0.3, 0.4) is 0 Å². The minimum absolute atomic E-state index is 0.162. The van der Waals surface area contributed by atoms with Crippen molar-refractivity contribution in [2.24, 2.45) is 5.73 Å². The molecule has 0 unspecified atom stereocenters. The molecule has 2 aromatic rings. The van der Waals surface area contributed by atoms with E-state index in [0.29, 0.717) is 18.4 Å². The fourth-order valence-corrected chi connectivity index (χ4v) is 4.10. The summed E-state index contributed by atoms with van der Waals surface area (Å²) in [5.41, 5.74) is 3.98. The van der Waals surface area contributed by atoms with Gasteiger partial charge in [0.1, 0.15) is 23.5 Å². The van der Waals surface area contributed by atoms with Crippen molar-refractivity contribution in [3.8, 4) is 11.6 Å². The lowest BCUT2D eigenvalue weighted by Gasteiger charge is -2.26. The molecular formula is C24H27N5O7. The highest BCUT2D eigenvalue weighted by atomic mass is 16.4. The summed E-state index contributed by atoms with van der Waals surface area (Å²) in [5, 5.41) is 42.6. The molecule has 1 aliphatic rings. The Morgan fingerprint density at radius 1 is 1.06 bits per heavy atom. The van der Waals surface area contributed by atoms with Gasteiger partial charge < -0.3 is 31.7 Å². The number of rotatable bonds is 7. The van der Waals surface area contributed by atoms with Gasteiger partial charge in [-0.2, -0.15) is 0 Å². The van der Waals surface area contributed by atoms with Crippen molar-refractivity contribution in [3.05, 3.63) is 63.5 Å². The Hall–Kier alpha value is -4.61. The zero-order valence-corrected chi connectivity index (χ0v) is 19.3. The van der Waals surface area contributed by atoms with Crippen LogP contribution < -0.4 is 21.9 Å². The van der Waals surface area contributed by atoms with E-state index in [1.807, 2.05) is 5.32 Å². The molecule has 1 aromatic heterocycles. The molecule has 0 saturated heterocycles. The lowest BCUT2D eigenvalue weighted by molar-refractivity contribution is -0.135. The van der Waals surface area contributed by atoms with Gasteiger partial charge in [-0.05, 0) is 18.4 Å². The number of hydrogen-bond acceptors (Lipinski definition) is 8. The van der Waals surface area contributed by atoms with Gasteiger partial charge in [-0.3, -0.25) is 29.2 Å². The van der Waals surface area contributed by atoms with E-state index in [-0.39, 0.29) is 5.70 Å². The number of amides is 2. The molecule has 1 aromatic carbocycles. The van der Waals surface area contributed by atoms with Crippen molar-refractivity contribution < 1.29 is 29.7 Å². The van der Waals surface area contributed by atoms with Crippen LogP contribution in [0.1, 0.15) is 64.4 Å². The molecule has 0 radical (unpaired) electrons. The van der Waals surface area contributed by atoms with Gasteiger partial charge in [-0.1, -0.05) is 49.6 Å². The maximum atomic E-state index is 13.1. The SMILES string of the molecule is N=C(/C=C(\N)c1ccccc1)NC(=O)c1c(O)c(C(=O)NCC(=O)O)c(=O)n(C2CCCCC2)c1O. The first-order valence-corrected chi connectivity index (χ1v) is 11.2. The molecule has 8 N–H and O–H groups in total. The molecule has 1 heterocycles. The maximum absolute atomic E-state index is 13.1. The van der Waals surface area contributed by atoms with Crippen LogP contribution in [0.5, 0.6) is 11.6 Å². The summed E-state index contributed by atoms with van der Waals surface area (Å²) in [4.78, 5) is 49.6. The number of carbonyl (C=O) groups excluding carboxylic acids is 2. The van der Waals surface area contributed by atoms with E-state index in [1.165, 1.54) is 0 Å². The zero-order valence-electron chi connectivity index (χ0n) is 19.3. The Balaban J connectivity index is 2.03. The topological polar surface area (TPSA) is 208 Å². The monoisotopic (exact) mass is 497 g/mol. The minimum Gasteiger partial charge on any atom is -0.506 e. The summed E-state index contributed by atoms with van der Waals surface area (Å²) < 4.78 is 0.876. The number of pyridine rings is 1. The molecule has 190 valence electrons. The second-order valence-electron chi connectivity index (χ2n) is 8.30. The van der Waals surface area contributed by atoms with Gasteiger partial charge in [0.05, 0.1) is 0 Å². The molecule has 0 spiro atoms. The fraction of sp³-hybridized carbons (Fsp3) is 0.292. The number of aliphatic carboxylic acids is 1. The van der Waals surface area contributed by atoms with Gasteiger partial charge in [-0.15, -0.1) is 0 Å². The number of nitrogens with zero attached hydrogens (tertiary/aromatic N) is 1. The summed E-state index contributed by atoms with van der Waals surface area (Å²) in [7, 11) is 0. The number of aromatic hydroxyl groups is 2. The highest BCUT2D eigenvalue weighted by molar-refractivity contribution is 6.14. The van der Waals surface area contributed by atoms with Crippen molar-refractivity contribution in [2.45, 2.75) is 38.1 Å². The van der Waals surface area contributed by atoms with E-state index in [1.54, 1.807) is 30.3 Å². The molecule has 0 aliphatic heterocycles. The number of amidine groups is 1. The van der Waals surface area contributed by atoms with Crippen LogP contribution >= 0.6 is 0 Å². The molecule has 1 fully saturated rings. The largest absolute Gasteiger partial charge is 0.506 e. The normalized spacial score (nSPS) is 14.2. The van der Waals surface area contributed by atoms with Crippen molar-refractivity contribution in [1.82, 2.24) is 15.2 Å². The molecule has 1 saturated carbocycles. The van der Waals surface area contributed by atoms with Crippen LogP contribution in [0.4, 0.5) is 0 Å². The van der Waals surface area contributed by atoms with E-state index in [2.05, 4.69) is 5.32 Å². The first-order valence-electron chi connectivity index (χ1n) is 11.2. The molecule has 12 heteroatoms. The molecular weight excluding hydrogens is 470 g/mol. The lowest BCUT2D eigenvalue weighted by atomic mass is 9.94. The summed E-state index contributed by atoms with van der Waals surface area (Å²) >= 11 is 0. The van der Waals surface area contributed by atoms with Crippen LogP contribution in [0.25, 0.3) is 5.70 Å². The number of nitrogens with two attached hydrogens (primary N) is 1. The first kappa shape index (κ1) is 26.0. The van der Waals surface area contributed by atoms with E-state index in [0.717, 1.165) is 29.9 Å². The van der Waals surface area contributed by atoms with Crippen molar-refractivity contribution in [3.63, 3.8) is 0 Å². The van der Waals surface area contributed by atoms with Gasteiger partial charge in [0.2, 0.25) is 5.88 Å². The lowest BCUT2D eigenvalue weighted by Crippen LogP contribution is -2.39. The van der Waals surface area contributed by atoms with E-state index >= 15 is 0 Å². The summed E-state index contributed by atoms with van der Waals surface area (Å²) in [5.74, 6) is -6.23. The predicted molar refractivity (Wildman–Crippen MR) is 130 cm³/mol. The van der Waals surface area contributed by atoms with Gasteiger partial charge in [0.15, 0.2) is 5.75 Å². The molecule has 3 rings (SSSR count). The van der Waals surface area contributed by atoms with E-state index in [9.17, 15) is 29.4 Å². The highest BCUT2D eigenvalue weighted by Crippen LogP contribution is 2.35. The van der Waals surface area contributed by atoms with Crippen LogP contribution in [-0.4, -0.2) is 50.1 Å². The van der Waals surface area contributed by atoms with Gasteiger partial charge in [0, 0.05) is 17.8 Å². The Morgan fingerprint density at radius 2 is 1.69 bits per heavy atom. The summed E-state index contributed by atoms with van der Waals surface area (Å²) in [6.07, 6.45) is 4.53. The second-order valence-corrected chi connectivity index (χ2v) is 8.30. The maximum Gasteiger partial charge on any atom is 0.322 e. The minimum atomic E-state index is -1.39. The smallest absolute Gasteiger partial charge is 0.322 e. The number of hydrogen-bond donors (Lipinski definition) is 7. The Morgan fingerprint density at radius 3 is 2.31 bits per heavy atom. The number of aromatic nitrogens is 1. The number of benzene rings is 1. The highest BCUT2D eigenvalue weighted by Gasteiger charge is 2.33. The fourth-order valence-electron chi connectivity index (χ4n) is 4.10.